The van der Waals surface area contributed by atoms with Crippen LogP contribution in [-0.4, -0.2) is 18.3 Å². The molecule has 3 heteroatoms. The predicted octanol–water partition coefficient (Wildman–Crippen LogP) is 4.57. The number of esters is 1. The third-order valence-corrected chi connectivity index (χ3v) is 4.03. The fourth-order valence-corrected chi connectivity index (χ4v) is 2.68. The number of carbonyl (C=O) groups excluding carboxylic acids is 1. The van der Waals surface area contributed by atoms with Gasteiger partial charge in [-0.05, 0) is 29.7 Å². The lowest BCUT2D eigenvalue weighted by Crippen LogP contribution is -2.02. The second-order valence-electron chi connectivity index (χ2n) is 4.46. The van der Waals surface area contributed by atoms with Crippen molar-refractivity contribution in [3.8, 4) is 11.1 Å². The van der Waals surface area contributed by atoms with Gasteiger partial charge in [-0.15, -0.1) is 11.8 Å². The Morgan fingerprint density at radius 1 is 1.05 bits per heavy atom. The van der Waals surface area contributed by atoms with E-state index in [2.05, 4.69) is 43.0 Å². The van der Waals surface area contributed by atoms with Crippen molar-refractivity contribution >= 4 is 17.7 Å². The maximum Gasteiger partial charge on any atom is 0.330 e. The van der Waals surface area contributed by atoms with E-state index in [0.29, 0.717) is 6.61 Å². The largest absolute Gasteiger partial charge is 0.463 e. The zero-order chi connectivity index (χ0) is 14.9. The van der Waals surface area contributed by atoms with Crippen LogP contribution in [0.5, 0.6) is 0 Å². The molecule has 0 unspecified atom stereocenters. The first-order valence-electron chi connectivity index (χ1n) is 6.87. The summed E-state index contributed by atoms with van der Waals surface area (Å²) in [6.45, 7) is 3.80. The first-order chi connectivity index (χ1) is 10.3. The molecule has 2 rings (SSSR count). The van der Waals surface area contributed by atoms with Crippen LogP contribution in [0.15, 0.2) is 72.1 Å². The molecule has 2 nitrogen and oxygen atoms in total. The highest BCUT2D eigenvalue weighted by Crippen LogP contribution is 2.24. The number of hydrogen-bond acceptors (Lipinski definition) is 3. The summed E-state index contributed by atoms with van der Waals surface area (Å²) in [5.41, 5.74) is 2.45. The lowest BCUT2D eigenvalue weighted by Gasteiger charge is -2.05. The molecule has 0 fully saturated rings. The molecule has 0 N–H and O–H groups in total. The van der Waals surface area contributed by atoms with Crippen molar-refractivity contribution in [3.63, 3.8) is 0 Å². The van der Waals surface area contributed by atoms with Crippen LogP contribution in [0.4, 0.5) is 0 Å². The predicted molar refractivity (Wildman–Crippen MR) is 88.4 cm³/mol. The standard InChI is InChI=1S/C18H18O2S/c1-2-18(19)20-13-6-14-21-17-11-9-16(10-12-17)15-7-4-3-5-8-15/h2-5,7-12H,1,6,13-14H2. The van der Waals surface area contributed by atoms with Crippen molar-refractivity contribution in [2.45, 2.75) is 11.3 Å². The summed E-state index contributed by atoms with van der Waals surface area (Å²) in [5.74, 6) is 0.571. The third kappa shape index (κ3) is 5.12. The highest BCUT2D eigenvalue weighted by Gasteiger charge is 1.99. The van der Waals surface area contributed by atoms with E-state index in [1.807, 2.05) is 18.2 Å². The Balaban J connectivity index is 1.78. The number of benzene rings is 2. The second kappa shape index (κ2) is 8.32. The normalized spacial score (nSPS) is 10.1. The molecule has 0 aliphatic rings. The minimum absolute atomic E-state index is 0.354. The van der Waals surface area contributed by atoms with Crippen LogP contribution >= 0.6 is 11.8 Å². The van der Waals surface area contributed by atoms with E-state index in [1.54, 1.807) is 11.8 Å². The van der Waals surface area contributed by atoms with Gasteiger partial charge in [0.2, 0.25) is 0 Å². The van der Waals surface area contributed by atoms with Gasteiger partial charge < -0.3 is 4.74 Å². The summed E-state index contributed by atoms with van der Waals surface area (Å²) in [6, 6.07) is 18.8. The van der Waals surface area contributed by atoms with E-state index in [1.165, 1.54) is 22.1 Å². The maximum absolute atomic E-state index is 10.9. The Morgan fingerprint density at radius 3 is 2.38 bits per heavy atom. The van der Waals surface area contributed by atoms with Crippen molar-refractivity contribution in [1.29, 1.82) is 0 Å². The third-order valence-electron chi connectivity index (χ3n) is 2.93. The highest BCUT2D eigenvalue weighted by atomic mass is 32.2. The first kappa shape index (κ1) is 15.4. The Labute approximate surface area is 129 Å². The number of rotatable bonds is 7. The molecule has 2 aromatic rings. The van der Waals surface area contributed by atoms with Crippen molar-refractivity contribution in [2.24, 2.45) is 0 Å². The molecule has 0 aliphatic heterocycles. The quantitative estimate of drug-likeness (QED) is 0.324. The fraction of sp³-hybridized carbons (Fsp3) is 0.167. The van der Waals surface area contributed by atoms with Gasteiger partial charge >= 0.3 is 5.97 Å². The summed E-state index contributed by atoms with van der Waals surface area (Å²) in [7, 11) is 0. The lowest BCUT2D eigenvalue weighted by molar-refractivity contribution is -0.137. The van der Waals surface area contributed by atoms with Crippen molar-refractivity contribution in [3.05, 3.63) is 67.3 Å². The number of hydrogen-bond donors (Lipinski definition) is 0. The van der Waals surface area contributed by atoms with Crippen LogP contribution < -0.4 is 0 Å². The van der Waals surface area contributed by atoms with Gasteiger partial charge in [-0.2, -0.15) is 0 Å². The van der Waals surface area contributed by atoms with Gasteiger partial charge in [0.05, 0.1) is 6.61 Å². The van der Waals surface area contributed by atoms with Gasteiger partial charge in [0, 0.05) is 16.7 Å². The minimum Gasteiger partial charge on any atom is -0.463 e. The van der Waals surface area contributed by atoms with Gasteiger partial charge in [0.25, 0.3) is 0 Å². The molecule has 0 aliphatic carbocycles. The van der Waals surface area contributed by atoms with Gasteiger partial charge in [-0.3, -0.25) is 0 Å². The molecule has 0 saturated carbocycles. The van der Waals surface area contributed by atoms with E-state index in [9.17, 15) is 4.79 Å². The highest BCUT2D eigenvalue weighted by molar-refractivity contribution is 7.99. The molecule has 0 radical (unpaired) electrons. The molecule has 0 spiro atoms. The summed E-state index contributed by atoms with van der Waals surface area (Å²) in [4.78, 5) is 12.1. The zero-order valence-corrected chi connectivity index (χ0v) is 12.6. The Kier molecular flexibility index (Phi) is 6.10. The molecule has 0 heterocycles. The molecule has 21 heavy (non-hydrogen) atoms. The number of carbonyl (C=O) groups is 1. The van der Waals surface area contributed by atoms with E-state index in [-0.39, 0.29) is 5.97 Å². The molecule has 108 valence electrons. The SMILES string of the molecule is C=CC(=O)OCCCSc1ccc(-c2ccccc2)cc1. The van der Waals surface area contributed by atoms with E-state index in [0.717, 1.165) is 12.2 Å². The summed E-state index contributed by atoms with van der Waals surface area (Å²) in [6.07, 6.45) is 2.03. The van der Waals surface area contributed by atoms with E-state index in [4.69, 9.17) is 4.74 Å². The van der Waals surface area contributed by atoms with Crippen LogP contribution in [0.3, 0.4) is 0 Å². The van der Waals surface area contributed by atoms with Gasteiger partial charge in [-0.25, -0.2) is 4.79 Å². The molecule has 0 bridgehead atoms. The van der Waals surface area contributed by atoms with Crippen molar-refractivity contribution in [2.75, 3.05) is 12.4 Å². The Morgan fingerprint density at radius 2 is 1.71 bits per heavy atom. The molecule has 0 atom stereocenters. The number of thioether (sulfide) groups is 1. The van der Waals surface area contributed by atoms with Crippen LogP contribution in [0.1, 0.15) is 6.42 Å². The molecular formula is C18H18O2S. The molecule has 2 aromatic carbocycles. The Bertz CT molecular complexity index is 576. The lowest BCUT2D eigenvalue weighted by atomic mass is 10.1. The average Bonchev–Trinajstić information content (AvgIpc) is 2.55. The first-order valence-corrected chi connectivity index (χ1v) is 7.85. The second-order valence-corrected chi connectivity index (χ2v) is 5.63. The maximum atomic E-state index is 10.9. The topological polar surface area (TPSA) is 26.3 Å². The molecular weight excluding hydrogens is 280 g/mol. The van der Waals surface area contributed by atoms with Gasteiger partial charge in [0.1, 0.15) is 0 Å². The monoisotopic (exact) mass is 298 g/mol. The van der Waals surface area contributed by atoms with Crippen LogP contribution in [0.25, 0.3) is 11.1 Å². The van der Waals surface area contributed by atoms with Crippen LogP contribution in [-0.2, 0) is 9.53 Å². The minimum atomic E-state index is -0.354. The zero-order valence-electron chi connectivity index (χ0n) is 11.8. The van der Waals surface area contributed by atoms with Crippen molar-refractivity contribution in [1.82, 2.24) is 0 Å². The summed E-state index contributed by atoms with van der Waals surface area (Å²) < 4.78 is 4.94. The fourth-order valence-electron chi connectivity index (χ4n) is 1.85. The smallest absolute Gasteiger partial charge is 0.330 e. The molecule has 0 amide bonds. The van der Waals surface area contributed by atoms with Gasteiger partial charge in [-0.1, -0.05) is 49.0 Å². The Hall–Kier alpha value is -2.00. The van der Waals surface area contributed by atoms with Crippen LogP contribution in [0.2, 0.25) is 0 Å². The summed E-state index contributed by atoms with van der Waals surface area (Å²) >= 11 is 1.77. The van der Waals surface area contributed by atoms with Crippen molar-refractivity contribution < 1.29 is 9.53 Å². The van der Waals surface area contributed by atoms with Crippen LogP contribution in [0, 0.1) is 0 Å². The average molecular weight is 298 g/mol. The van der Waals surface area contributed by atoms with E-state index < -0.39 is 0 Å². The molecule has 0 saturated heterocycles. The summed E-state index contributed by atoms with van der Waals surface area (Å²) in [5, 5.41) is 0. The number of ether oxygens (including phenoxy) is 1. The molecule has 0 aromatic heterocycles. The van der Waals surface area contributed by atoms with E-state index >= 15 is 0 Å². The van der Waals surface area contributed by atoms with Gasteiger partial charge in [0.15, 0.2) is 0 Å².